The van der Waals surface area contributed by atoms with Gasteiger partial charge >= 0.3 is 0 Å². The van der Waals surface area contributed by atoms with Crippen molar-refractivity contribution in [2.75, 3.05) is 11.9 Å². The number of hydrogen-bond acceptors (Lipinski definition) is 4. The molecule has 0 aliphatic carbocycles. The number of benzene rings is 1. The minimum absolute atomic E-state index is 0.797. The monoisotopic (exact) mass is 331 g/mol. The molecule has 3 rings (SSSR count). The molecule has 0 radical (unpaired) electrons. The van der Waals surface area contributed by atoms with Gasteiger partial charge in [-0.3, -0.25) is 0 Å². The maximum atomic E-state index is 4.44. The van der Waals surface area contributed by atoms with Crippen LogP contribution >= 0.6 is 15.9 Å². The summed E-state index contributed by atoms with van der Waals surface area (Å²) in [5.41, 5.74) is 1.76. The van der Waals surface area contributed by atoms with Crippen molar-refractivity contribution in [1.29, 1.82) is 0 Å². The number of aromatic nitrogens is 4. The van der Waals surface area contributed by atoms with Crippen molar-refractivity contribution in [2.24, 2.45) is 0 Å². The fourth-order valence-electron chi connectivity index (χ4n) is 2.03. The predicted molar refractivity (Wildman–Crippen MR) is 83.1 cm³/mol. The van der Waals surface area contributed by atoms with E-state index in [1.807, 2.05) is 28.9 Å². The van der Waals surface area contributed by atoms with Gasteiger partial charge in [0, 0.05) is 11.0 Å². The highest BCUT2D eigenvalue weighted by molar-refractivity contribution is 9.10. The predicted octanol–water partition coefficient (Wildman–Crippen LogP) is 3.40. The van der Waals surface area contributed by atoms with Gasteiger partial charge in [0.05, 0.1) is 17.3 Å². The molecule has 0 unspecified atom stereocenters. The van der Waals surface area contributed by atoms with Crippen molar-refractivity contribution in [3.8, 4) is 5.69 Å². The molecule has 0 atom stereocenters. The molecule has 2 heterocycles. The Balaban J connectivity index is 2.13. The van der Waals surface area contributed by atoms with Crippen LogP contribution in [-0.2, 0) is 0 Å². The van der Waals surface area contributed by atoms with Crippen molar-refractivity contribution in [2.45, 2.75) is 13.3 Å². The second-order valence-electron chi connectivity index (χ2n) is 4.39. The van der Waals surface area contributed by atoms with E-state index in [1.165, 1.54) is 0 Å². The third-order valence-electron chi connectivity index (χ3n) is 2.99. The third kappa shape index (κ3) is 2.27. The molecule has 1 aromatic carbocycles. The molecule has 1 N–H and O–H groups in total. The first-order valence-corrected chi connectivity index (χ1v) is 7.28. The Morgan fingerprint density at radius 2 is 2.10 bits per heavy atom. The first-order chi connectivity index (χ1) is 9.81. The van der Waals surface area contributed by atoms with E-state index in [-0.39, 0.29) is 0 Å². The van der Waals surface area contributed by atoms with Crippen molar-refractivity contribution in [1.82, 2.24) is 19.7 Å². The van der Waals surface area contributed by atoms with E-state index in [4.69, 9.17) is 0 Å². The number of hydrogen-bond donors (Lipinski definition) is 1. The maximum absolute atomic E-state index is 4.44. The molecule has 0 saturated heterocycles. The Kier molecular flexibility index (Phi) is 3.64. The Hall–Kier alpha value is -1.95. The van der Waals surface area contributed by atoms with Crippen LogP contribution in [0.15, 0.2) is 41.3 Å². The molecule has 0 fully saturated rings. The first kappa shape index (κ1) is 13.1. The van der Waals surface area contributed by atoms with Crippen molar-refractivity contribution in [3.63, 3.8) is 0 Å². The highest BCUT2D eigenvalue weighted by Crippen LogP contribution is 2.25. The molecule has 2 aromatic heterocycles. The zero-order valence-corrected chi connectivity index (χ0v) is 12.6. The standard InChI is InChI=1S/C14H14BrN5/c1-2-7-16-13-10-8-19-20(14(10)18-9-17-13)12-6-4-3-5-11(12)15/h3-6,8-9H,2,7H2,1H3,(H,16,17,18). The topological polar surface area (TPSA) is 55.6 Å². The summed E-state index contributed by atoms with van der Waals surface area (Å²) in [6, 6.07) is 7.94. The van der Waals surface area contributed by atoms with Gasteiger partial charge in [0.1, 0.15) is 12.1 Å². The first-order valence-electron chi connectivity index (χ1n) is 6.48. The van der Waals surface area contributed by atoms with Crippen LogP contribution in [0.2, 0.25) is 0 Å². The number of rotatable bonds is 4. The van der Waals surface area contributed by atoms with Crippen molar-refractivity contribution in [3.05, 3.63) is 41.3 Å². The van der Waals surface area contributed by atoms with E-state index >= 15 is 0 Å². The summed E-state index contributed by atoms with van der Waals surface area (Å²) >= 11 is 3.54. The van der Waals surface area contributed by atoms with Crippen LogP contribution in [0.1, 0.15) is 13.3 Å². The lowest BCUT2D eigenvalue weighted by atomic mass is 10.3. The molecule has 20 heavy (non-hydrogen) atoms. The summed E-state index contributed by atoms with van der Waals surface area (Å²) in [5, 5.41) is 8.67. The van der Waals surface area contributed by atoms with E-state index in [1.54, 1.807) is 12.5 Å². The largest absolute Gasteiger partial charge is 0.369 e. The number of halogens is 1. The summed E-state index contributed by atoms with van der Waals surface area (Å²) in [7, 11) is 0. The van der Waals surface area contributed by atoms with Crippen molar-refractivity contribution < 1.29 is 0 Å². The molecular formula is C14H14BrN5. The van der Waals surface area contributed by atoms with E-state index in [2.05, 4.69) is 43.2 Å². The number of fused-ring (bicyclic) bond motifs is 1. The van der Waals surface area contributed by atoms with Gasteiger partial charge in [-0.2, -0.15) is 5.10 Å². The smallest absolute Gasteiger partial charge is 0.168 e. The molecular weight excluding hydrogens is 318 g/mol. The number of para-hydroxylation sites is 1. The molecule has 5 nitrogen and oxygen atoms in total. The van der Waals surface area contributed by atoms with Crippen LogP contribution in [0.4, 0.5) is 5.82 Å². The van der Waals surface area contributed by atoms with Crippen LogP contribution in [0.5, 0.6) is 0 Å². The van der Waals surface area contributed by atoms with Gasteiger partial charge in [-0.15, -0.1) is 0 Å². The lowest BCUT2D eigenvalue weighted by Gasteiger charge is -2.06. The summed E-state index contributed by atoms with van der Waals surface area (Å²) in [5.74, 6) is 0.829. The van der Waals surface area contributed by atoms with Gasteiger partial charge < -0.3 is 5.32 Å². The zero-order chi connectivity index (χ0) is 13.9. The number of nitrogens with one attached hydrogen (secondary N) is 1. The van der Waals surface area contributed by atoms with Crippen LogP contribution in [0.3, 0.4) is 0 Å². The summed E-state index contributed by atoms with van der Waals surface area (Å²) in [6.45, 7) is 3.00. The van der Waals surface area contributed by atoms with Gasteiger partial charge in [-0.1, -0.05) is 19.1 Å². The fraction of sp³-hybridized carbons (Fsp3) is 0.214. The van der Waals surface area contributed by atoms with Crippen LogP contribution in [0, 0.1) is 0 Å². The Morgan fingerprint density at radius 3 is 2.90 bits per heavy atom. The highest BCUT2D eigenvalue weighted by atomic mass is 79.9. The number of nitrogens with zero attached hydrogens (tertiary/aromatic N) is 4. The van der Waals surface area contributed by atoms with Gasteiger partial charge in [0.15, 0.2) is 5.65 Å². The highest BCUT2D eigenvalue weighted by Gasteiger charge is 2.12. The quantitative estimate of drug-likeness (QED) is 0.796. The molecule has 0 amide bonds. The summed E-state index contributed by atoms with van der Waals surface area (Å²) in [6.07, 6.45) is 4.41. The van der Waals surface area contributed by atoms with E-state index in [9.17, 15) is 0 Å². The molecule has 0 bridgehead atoms. The summed E-state index contributed by atoms with van der Waals surface area (Å²) in [4.78, 5) is 8.64. The van der Waals surface area contributed by atoms with Gasteiger partial charge in [0.25, 0.3) is 0 Å². The van der Waals surface area contributed by atoms with Crippen LogP contribution in [-0.4, -0.2) is 26.3 Å². The van der Waals surface area contributed by atoms with E-state index in [0.717, 1.165) is 40.0 Å². The second kappa shape index (κ2) is 5.58. The van der Waals surface area contributed by atoms with Gasteiger partial charge in [-0.25, -0.2) is 14.6 Å². The maximum Gasteiger partial charge on any atom is 0.168 e. The Bertz CT molecular complexity index is 737. The molecule has 0 aliphatic heterocycles. The molecule has 0 saturated carbocycles. The molecule has 0 spiro atoms. The fourth-order valence-corrected chi connectivity index (χ4v) is 2.48. The molecule has 3 aromatic rings. The second-order valence-corrected chi connectivity index (χ2v) is 5.25. The Labute approximate surface area is 125 Å². The van der Waals surface area contributed by atoms with Crippen LogP contribution in [0.25, 0.3) is 16.7 Å². The minimum atomic E-state index is 0.797. The number of anilines is 1. The lowest BCUT2D eigenvalue weighted by Crippen LogP contribution is -2.03. The minimum Gasteiger partial charge on any atom is -0.369 e. The molecule has 102 valence electrons. The lowest BCUT2D eigenvalue weighted by molar-refractivity contribution is 0.890. The van der Waals surface area contributed by atoms with Crippen molar-refractivity contribution >= 4 is 32.8 Å². The summed E-state index contributed by atoms with van der Waals surface area (Å²) < 4.78 is 2.80. The van der Waals surface area contributed by atoms with Crippen LogP contribution < -0.4 is 5.32 Å². The zero-order valence-electron chi connectivity index (χ0n) is 11.0. The average Bonchev–Trinajstić information content (AvgIpc) is 2.90. The molecule has 6 heteroatoms. The SMILES string of the molecule is CCCNc1ncnc2c1cnn2-c1ccccc1Br. The normalized spacial score (nSPS) is 10.9. The third-order valence-corrected chi connectivity index (χ3v) is 3.66. The van der Waals surface area contributed by atoms with E-state index in [0.29, 0.717) is 0 Å². The molecule has 0 aliphatic rings. The Morgan fingerprint density at radius 1 is 1.25 bits per heavy atom. The average molecular weight is 332 g/mol. The van der Waals surface area contributed by atoms with E-state index < -0.39 is 0 Å². The van der Waals surface area contributed by atoms with Gasteiger partial charge in [0.2, 0.25) is 0 Å². The van der Waals surface area contributed by atoms with Gasteiger partial charge in [-0.05, 0) is 34.5 Å².